The normalized spacial score (nSPS) is 15.4. The van der Waals surface area contributed by atoms with Gasteiger partial charge in [-0.2, -0.15) is 0 Å². The summed E-state index contributed by atoms with van der Waals surface area (Å²) in [5.41, 5.74) is 4.06. The summed E-state index contributed by atoms with van der Waals surface area (Å²) in [5, 5.41) is 2.82. The zero-order chi connectivity index (χ0) is 23.1. The first-order valence-corrected chi connectivity index (χ1v) is 11.6. The van der Waals surface area contributed by atoms with Gasteiger partial charge < -0.3 is 19.4 Å². The van der Waals surface area contributed by atoms with Crippen LogP contribution in [0.15, 0.2) is 58.7 Å². The maximum absolute atomic E-state index is 13.5. The second kappa shape index (κ2) is 8.41. The topological polar surface area (TPSA) is 71.6 Å². The first-order valence-electron chi connectivity index (χ1n) is 10.7. The summed E-state index contributed by atoms with van der Waals surface area (Å²) in [4.78, 5) is 32.4. The molecule has 0 fully saturated rings. The highest BCUT2D eigenvalue weighted by atomic mass is 32.1. The van der Waals surface area contributed by atoms with Crippen LogP contribution >= 0.6 is 11.3 Å². The number of benzene rings is 2. The lowest BCUT2D eigenvalue weighted by molar-refractivity contribution is 0.0698. The molecule has 1 atom stereocenters. The average molecular weight is 461 g/mol. The number of pyridine rings is 1. The van der Waals surface area contributed by atoms with Crippen molar-refractivity contribution >= 4 is 28.1 Å². The molecule has 2 aromatic heterocycles. The third-order valence-corrected chi connectivity index (χ3v) is 7.14. The molecule has 0 saturated heterocycles. The van der Waals surface area contributed by atoms with Crippen molar-refractivity contribution in [2.75, 3.05) is 20.8 Å². The van der Waals surface area contributed by atoms with Gasteiger partial charge in [0.15, 0.2) is 11.5 Å². The Hall–Kier alpha value is -3.58. The number of rotatable bonds is 4. The molecule has 6 nitrogen and oxygen atoms in total. The predicted molar refractivity (Wildman–Crippen MR) is 130 cm³/mol. The Bertz CT molecular complexity index is 1410. The minimum Gasteiger partial charge on any atom is -0.493 e. The van der Waals surface area contributed by atoms with Crippen molar-refractivity contribution in [2.24, 2.45) is 0 Å². The minimum absolute atomic E-state index is 0.0841. The molecule has 1 amide bonds. The van der Waals surface area contributed by atoms with E-state index in [0.29, 0.717) is 34.9 Å². The summed E-state index contributed by atoms with van der Waals surface area (Å²) in [6, 6.07) is 14.8. The van der Waals surface area contributed by atoms with Crippen LogP contribution in [-0.2, 0) is 6.42 Å². The van der Waals surface area contributed by atoms with Gasteiger partial charge in [-0.1, -0.05) is 24.3 Å². The predicted octanol–water partition coefficient (Wildman–Crippen LogP) is 4.70. The molecule has 0 saturated carbocycles. The van der Waals surface area contributed by atoms with E-state index in [2.05, 4.69) is 4.98 Å². The Morgan fingerprint density at radius 1 is 1.06 bits per heavy atom. The summed E-state index contributed by atoms with van der Waals surface area (Å²) < 4.78 is 11.1. The number of amides is 1. The maximum Gasteiger partial charge on any atom is 0.264 e. The molecule has 7 heteroatoms. The number of H-pyrrole nitrogens is 1. The van der Waals surface area contributed by atoms with Crippen LogP contribution in [0.3, 0.4) is 0 Å². The van der Waals surface area contributed by atoms with Gasteiger partial charge in [-0.05, 0) is 65.1 Å². The number of aromatic amines is 1. The zero-order valence-electron chi connectivity index (χ0n) is 18.7. The van der Waals surface area contributed by atoms with E-state index in [0.717, 1.165) is 27.6 Å². The number of fused-ring (bicyclic) bond motifs is 2. The van der Waals surface area contributed by atoms with Crippen LogP contribution in [0, 0.1) is 6.92 Å². The number of aryl methyl sites for hydroxylation is 1. The van der Waals surface area contributed by atoms with Crippen LogP contribution in [0.1, 0.15) is 38.0 Å². The zero-order valence-corrected chi connectivity index (χ0v) is 19.5. The Kier molecular flexibility index (Phi) is 5.42. The van der Waals surface area contributed by atoms with E-state index in [4.69, 9.17) is 9.47 Å². The van der Waals surface area contributed by atoms with Gasteiger partial charge in [0.1, 0.15) is 0 Å². The molecule has 0 unspecified atom stereocenters. The van der Waals surface area contributed by atoms with Crippen molar-refractivity contribution < 1.29 is 14.3 Å². The highest BCUT2D eigenvalue weighted by Gasteiger charge is 2.35. The van der Waals surface area contributed by atoms with Crippen LogP contribution in [0.25, 0.3) is 10.9 Å². The summed E-state index contributed by atoms with van der Waals surface area (Å²) in [6.45, 7) is 2.47. The second-order valence-electron chi connectivity index (χ2n) is 8.13. The van der Waals surface area contributed by atoms with E-state index in [-0.39, 0.29) is 11.5 Å². The molecule has 168 valence electrons. The van der Waals surface area contributed by atoms with E-state index in [1.54, 1.807) is 19.1 Å². The fourth-order valence-electron chi connectivity index (χ4n) is 4.65. The Morgan fingerprint density at radius 3 is 2.58 bits per heavy atom. The highest BCUT2D eigenvalue weighted by Crippen LogP contribution is 2.41. The van der Waals surface area contributed by atoms with Crippen molar-refractivity contribution in [3.8, 4) is 11.5 Å². The van der Waals surface area contributed by atoms with Gasteiger partial charge in [0.05, 0.1) is 30.7 Å². The lowest BCUT2D eigenvalue weighted by Gasteiger charge is -2.37. The molecular weight excluding hydrogens is 436 g/mol. The smallest absolute Gasteiger partial charge is 0.264 e. The number of hydrogen-bond donors (Lipinski definition) is 1. The molecule has 33 heavy (non-hydrogen) atoms. The number of methoxy groups -OCH3 is 2. The highest BCUT2D eigenvalue weighted by molar-refractivity contribution is 7.12. The molecule has 5 rings (SSSR count). The van der Waals surface area contributed by atoms with E-state index >= 15 is 0 Å². The number of aromatic nitrogens is 1. The van der Waals surface area contributed by atoms with Crippen molar-refractivity contribution in [1.82, 2.24) is 9.88 Å². The first-order chi connectivity index (χ1) is 16.0. The number of carbonyl (C=O) groups excluding carboxylic acids is 1. The number of hydrogen-bond acceptors (Lipinski definition) is 5. The van der Waals surface area contributed by atoms with Crippen LogP contribution in [0.5, 0.6) is 11.5 Å². The molecule has 2 aromatic carbocycles. The van der Waals surface area contributed by atoms with Gasteiger partial charge in [-0.25, -0.2) is 0 Å². The average Bonchev–Trinajstić information content (AvgIpc) is 3.37. The van der Waals surface area contributed by atoms with Gasteiger partial charge in [-0.3, -0.25) is 9.59 Å². The largest absolute Gasteiger partial charge is 0.493 e. The Morgan fingerprint density at radius 2 is 1.85 bits per heavy atom. The Balaban J connectivity index is 1.75. The third-order valence-electron chi connectivity index (χ3n) is 6.28. The summed E-state index contributed by atoms with van der Waals surface area (Å²) in [6.07, 6.45) is 0.661. The number of nitrogens with one attached hydrogen (secondary N) is 1. The van der Waals surface area contributed by atoms with Gasteiger partial charge in [0.25, 0.3) is 11.5 Å². The van der Waals surface area contributed by atoms with E-state index in [1.165, 1.54) is 11.3 Å². The van der Waals surface area contributed by atoms with Gasteiger partial charge in [0, 0.05) is 12.1 Å². The maximum atomic E-state index is 13.5. The second-order valence-corrected chi connectivity index (χ2v) is 9.08. The van der Waals surface area contributed by atoms with Crippen LogP contribution in [0.4, 0.5) is 0 Å². The summed E-state index contributed by atoms with van der Waals surface area (Å²) in [7, 11) is 3.19. The number of nitrogens with zero attached hydrogens (tertiary/aromatic N) is 1. The minimum atomic E-state index is -0.545. The number of para-hydroxylation sites is 1. The standard InChI is InChI=1S/C26H24N2O4S/c1-15-6-4-7-17-12-19(25(29)27-23(15)17)24-18-14-21(32-3)20(31-2)13-16(18)9-10-28(24)26(30)22-8-5-11-33-22/h4-8,11-14,24H,9-10H2,1-3H3,(H,27,29)/t24-/m0/s1. The molecule has 1 aliphatic rings. The van der Waals surface area contributed by atoms with Crippen LogP contribution in [-0.4, -0.2) is 36.6 Å². The van der Waals surface area contributed by atoms with Crippen molar-refractivity contribution in [1.29, 1.82) is 0 Å². The fourth-order valence-corrected chi connectivity index (χ4v) is 5.32. The fraction of sp³-hybridized carbons (Fsp3) is 0.231. The molecule has 4 aromatic rings. The monoisotopic (exact) mass is 460 g/mol. The van der Waals surface area contributed by atoms with E-state index in [1.807, 2.05) is 60.8 Å². The SMILES string of the molecule is COc1cc2c(cc1OC)[C@@H](c1cc3cccc(C)c3[nH]c1=O)N(C(=O)c1cccs1)CC2. The van der Waals surface area contributed by atoms with Gasteiger partial charge in [-0.15, -0.1) is 11.3 Å². The quantitative estimate of drug-likeness (QED) is 0.479. The molecule has 0 spiro atoms. The first kappa shape index (κ1) is 21.3. The summed E-state index contributed by atoms with van der Waals surface area (Å²) >= 11 is 1.40. The van der Waals surface area contributed by atoms with E-state index < -0.39 is 6.04 Å². The van der Waals surface area contributed by atoms with Gasteiger partial charge >= 0.3 is 0 Å². The molecule has 3 heterocycles. The van der Waals surface area contributed by atoms with Crippen LogP contribution in [0.2, 0.25) is 0 Å². The lowest BCUT2D eigenvalue weighted by Crippen LogP contribution is -2.42. The summed E-state index contributed by atoms with van der Waals surface area (Å²) in [5.74, 6) is 1.12. The molecule has 0 aliphatic carbocycles. The van der Waals surface area contributed by atoms with Crippen molar-refractivity contribution in [3.05, 3.63) is 91.4 Å². The molecule has 0 bridgehead atoms. The van der Waals surface area contributed by atoms with Crippen molar-refractivity contribution in [2.45, 2.75) is 19.4 Å². The Labute approximate surface area is 195 Å². The third kappa shape index (κ3) is 3.58. The number of carbonyl (C=O) groups is 1. The van der Waals surface area contributed by atoms with Crippen molar-refractivity contribution in [3.63, 3.8) is 0 Å². The van der Waals surface area contributed by atoms with E-state index in [9.17, 15) is 9.59 Å². The molecule has 1 aliphatic heterocycles. The number of ether oxygens (including phenoxy) is 2. The lowest BCUT2D eigenvalue weighted by atomic mass is 9.87. The number of thiophene rings is 1. The molecule has 1 N–H and O–H groups in total. The van der Waals surface area contributed by atoms with Crippen LogP contribution < -0.4 is 15.0 Å². The van der Waals surface area contributed by atoms with Gasteiger partial charge in [0.2, 0.25) is 0 Å². The molecule has 0 radical (unpaired) electrons. The molecular formula is C26H24N2O4S.